The lowest BCUT2D eigenvalue weighted by atomic mass is 9.96. The maximum absolute atomic E-state index is 12.6. The molecular weight excluding hydrogens is 362 g/mol. The third kappa shape index (κ3) is 5.13. The second-order valence-electron chi connectivity index (χ2n) is 7.06. The number of carbonyl (C=O) groups is 2. The van der Waals surface area contributed by atoms with Gasteiger partial charge in [0.15, 0.2) is 5.69 Å². The second-order valence-corrected chi connectivity index (χ2v) is 7.06. The Hall–Kier alpha value is -2.81. The number of methoxy groups -OCH3 is 1. The Morgan fingerprint density at radius 2 is 2.11 bits per heavy atom. The van der Waals surface area contributed by atoms with E-state index in [1.165, 1.54) is 0 Å². The summed E-state index contributed by atoms with van der Waals surface area (Å²) in [4.78, 5) is 25.3. The first kappa shape index (κ1) is 19.9. The molecule has 1 saturated heterocycles. The van der Waals surface area contributed by atoms with Gasteiger partial charge in [-0.05, 0) is 63.0 Å². The molecule has 2 aromatic rings. The fourth-order valence-electron chi connectivity index (χ4n) is 3.53. The van der Waals surface area contributed by atoms with Crippen molar-refractivity contribution in [3.05, 3.63) is 23.9 Å². The first-order chi connectivity index (χ1) is 13.6. The van der Waals surface area contributed by atoms with Crippen LogP contribution in [0.25, 0.3) is 10.9 Å². The van der Waals surface area contributed by atoms with Crippen LogP contribution in [0, 0.1) is 5.92 Å². The summed E-state index contributed by atoms with van der Waals surface area (Å²) < 4.78 is 5.23. The first-order valence-corrected chi connectivity index (χ1v) is 9.56. The van der Waals surface area contributed by atoms with Crippen LogP contribution in [-0.4, -0.2) is 72.0 Å². The number of ether oxygens (including phenoxy) is 1. The number of benzene rings is 1. The van der Waals surface area contributed by atoms with Gasteiger partial charge in [-0.15, -0.1) is 0 Å². The minimum atomic E-state index is -0.974. The molecule has 0 radical (unpaired) electrons. The van der Waals surface area contributed by atoms with Crippen molar-refractivity contribution in [2.45, 2.75) is 19.3 Å². The molecule has 0 aliphatic carbocycles. The van der Waals surface area contributed by atoms with Gasteiger partial charge in [0.05, 0.1) is 12.6 Å². The van der Waals surface area contributed by atoms with Crippen LogP contribution in [0.5, 0.6) is 5.75 Å². The number of carboxylic acid groups (broad SMARTS) is 1. The van der Waals surface area contributed by atoms with E-state index in [0.29, 0.717) is 30.5 Å². The highest BCUT2D eigenvalue weighted by atomic mass is 16.5. The lowest BCUT2D eigenvalue weighted by Gasteiger charge is -2.31. The molecule has 1 aromatic heterocycles. The maximum atomic E-state index is 12.6. The number of carbonyl (C=O) groups excluding carboxylic acids is 1. The van der Waals surface area contributed by atoms with Crippen LogP contribution in [0.1, 0.15) is 29.8 Å². The third-order valence-electron chi connectivity index (χ3n) is 5.17. The average Bonchev–Trinajstić information content (AvgIpc) is 3.13. The molecule has 1 aliphatic heterocycles. The van der Waals surface area contributed by atoms with Gasteiger partial charge in [-0.25, -0.2) is 4.79 Å². The Morgan fingerprint density at radius 3 is 2.82 bits per heavy atom. The summed E-state index contributed by atoms with van der Waals surface area (Å²) in [6, 6.07) is 5.48. The Labute approximate surface area is 163 Å². The van der Waals surface area contributed by atoms with E-state index in [4.69, 9.17) is 9.84 Å². The van der Waals surface area contributed by atoms with Crippen LogP contribution in [0.15, 0.2) is 18.2 Å². The normalized spacial score (nSPS) is 15.5. The minimum absolute atomic E-state index is 0.179. The van der Waals surface area contributed by atoms with Crippen LogP contribution in [0.3, 0.4) is 0 Å². The maximum Gasteiger partial charge on any atom is 0.404 e. The van der Waals surface area contributed by atoms with Gasteiger partial charge in [-0.3, -0.25) is 9.89 Å². The van der Waals surface area contributed by atoms with E-state index < -0.39 is 6.09 Å². The van der Waals surface area contributed by atoms with E-state index in [2.05, 4.69) is 25.7 Å². The Kier molecular flexibility index (Phi) is 6.70. The number of likely N-dealkylation sites (tertiary alicyclic amines) is 1. The smallest absolute Gasteiger partial charge is 0.404 e. The van der Waals surface area contributed by atoms with E-state index in [-0.39, 0.29) is 5.91 Å². The molecule has 0 spiro atoms. The number of nitrogens with one attached hydrogen (secondary N) is 3. The highest BCUT2D eigenvalue weighted by Crippen LogP contribution is 2.22. The molecule has 1 fully saturated rings. The molecule has 1 aliphatic rings. The number of hydrogen-bond acceptors (Lipinski definition) is 5. The van der Waals surface area contributed by atoms with Crippen molar-refractivity contribution >= 4 is 22.9 Å². The highest BCUT2D eigenvalue weighted by molar-refractivity contribution is 6.05. The topological polar surface area (TPSA) is 120 Å². The zero-order valence-electron chi connectivity index (χ0n) is 16.0. The lowest BCUT2D eigenvalue weighted by molar-refractivity contribution is 0.0932. The van der Waals surface area contributed by atoms with E-state index >= 15 is 0 Å². The fourth-order valence-corrected chi connectivity index (χ4v) is 3.53. The lowest BCUT2D eigenvalue weighted by Crippen LogP contribution is -2.39. The van der Waals surface area contributed by atoms with E-state index in [9.17, 15) is 9.59 Å². The molecule has 28 heavy (non-hydrogen) atoms. The minimum Gasteiger partial charge on any atom is -0.497 e. The molecular formula is C19H27N5O4. The molecule has 2 amide bonds. The zero-order chi connectivity index (χ0) is 19.9. The number of hydrogen-bond donors (Lipinski definition) is 4. The molecule has 9 heteroatoms. The van der Waals surface area contributed by atoms with Gasteiger partial charge >= 0.3 is 6.09 Å². The quantitative estimate of drug-likeness (QED) is 0.510. The molecule has 2 heterocycles. The molecule has 0 bridgehead atoms. The number of nitrogens with zero attached hydrogens (tertiary/aromatic N) is 2. The Bertz CT molecular complexity index is 814. The van der Waals surface area contributed by atoms with Crippen LogP contribution in [0.4, 0.5) is 4.79 Å². The Morgan fingerprint density at radius 1 is 1.32 bits per heavy atom. The van der Waals surface area contributed by atoms with Crippen LogP contribution in [0.2, 0.25) is 0 Å². The molecule has 4 N–H and O–H groups in total. The summed E-state index contributed by atoms with van der Waals surface area (Å²) >= 11 is 0. The molecule has 9 nitrogen and oxygen atoms in total. The molecule has 0 unspecified atom stereocenters. The molecule has 3 rings (SSSR count). The Balaban J connectivity index is 1.43. The van der Waals surface area contributed by atoms with Crippen molar-refractivity contribution in [3.63, 3.8) is 0 Å². The second kappa shape index (κ2) is 9.41. The third-order valence-corrected chi connectivity index (χ3v) is 5.17. The summed E-state index contributed by atoms with van der Waals surface area (Å²) in [7, 11) is 1.59. The number of H-pyrrole nitrogens is 1. The van der Waals surface area contributed by atoms with E-state index in [0.717, 1.165) is 49.8 Å². The van der Waals surface area contributed by atoms with Crippen molar-refractivity contribution < 1.29 is 19.4 Å². The zero-order valence-corrected chi connectivity index (χ0v) is 16.0. The standard InChI is InChI=1S/C19H27N5O4/c1-28-14-3-4-16-15(11-14)17(23-22-16)18(25)21-12-13-5-9-24(10-6-13)8-2-7-20-19(26)27/h3-4,11,13,20H,2,5-10,12H2,1H3,(H,21,25)(H,22,23)(H,26,27). The predicted molar refractivity (Wildman–Crippen MR) is 105 cm³/mol. The molecule has 152 valence electrons. The summed E-state index contributed by atoms with van der Waals surface area (Å²) in [6.45, 7) is 3.94. The number of aromatic amines is 1. The first-order valence-electron chi connectivity index (χ1n) is 9.56. The van der Waals surface area contributed by atoms with Gasteiger partial charge in [0.25, 0.3) is 5.91 Å². The number of amides is 2. The van der Waals surface area contributed by atoms with Crippen molar-refractivity contribution in [1.82, 2.24) is 25.7 Å². The van der Waals surface area contributed by atoms with Gasteiger partial charge in [0.2, 0.25) is 0 Å². The summed E-state index contributed by atoms with van der Waals surface area (Å²) in [5, 5.41) is 21.7. The van der Waals surface area contributed by atoms with Crippen LogP contribution >= 0.6 is 0 Å². The molecule has 0 saturated carbocycles. The number of aromatic nitrogens is 2. The van der Waals surface area contributed by atoms with Gasteiger partial charge in [-0.2, -0.15) is 5.10 Å². The van der Waals surface area contributed by atoms with E-state index in [1.54, 1.807) is 7.11 Å². The average molecular weight is 389 g/mol. The van der Waals surface area contributed by atoms with Gasteiger partial charge in [0.1, 0.15) is 5.75 Å². The van der Waals surface area contributed by atoms with Crippen molar-refractivity contribution in [2.75, 3.05) is 39.8 Å². The number of piperidine rings is 1. The predicted octanol–water partition coefficient (Wildman–Crippen LogP) is 1.67. The number of fused-ring (bicyclic) bond motifs is 1. The SMILES string of the molecule is COc1ccc2[nH]nc(C(=O)NCC3CCN(CCCNC(=O)O)CC3)c2c1. The van der Waals surface area contributed by atoms with Crippen molar-refractivity contribution in [2.24, 2.45) is 5.92 Å². The van der Waals surface area contributed by atoms with Gasteiger partial charge in [-0.1, -0.05) is 0 Å². The number of rotatable bonds is 8. The molecule has 0 atom stereocenters. The monoisotopic (exact) mass is 389 g/mol. The fraction of sp³-hybridized carbons (Fsp3) is 0.526. The van der Waals surface area contributed by atoms with Crippen molar-refractivity contribution in [3.8, 4) is 5.75 Å². The van der Waals surface area contributed by atoms with Crippen molar-refractivity contribution in [1.29, 1.82) is 0 Å². The van der Waals surface area contributed by atoms with Gasteiger partial charge < -0.3 is 25.4 Å². The summed E-state index contributed by atoms with van der Waals surface area (Å²) in [5.74, 6) is 0.952. The van der Waals surface area contributed by atoms with Crippen LogP contribution < -0.4 is 15.4 Å². The highest BCUT2D eigenvalue weighted by Gasteiger charge is 2.21. The molecule has 1 aromatic carbocycles. The van der Waals surface area contributed by atoms with Crippen LogP contribution in [-0.2, 0) is 0 Å². The largest absolute Gasteiger partial charge is 0.497 e. The van der Waals surface area contributed by atoms with E-state index in [1.807, 2.05) is 18.2 Å². The summed E-state index contributed by atoms with van der Waals surface area (Å²) in [5.41, 5.74) is 1.19. The summed E-state index contributed by atoms with van der Waals surface area (Å²) in [6.07, 6.45) is 1.87. The van der Waals surface area contributed by atoms with Gasteiger partial charge in [0, 0.05) is 18.5 Å².